The lowest BCUT2D eigenvalue weighted by molar-refractivity contribution is -0.243. The number of esters is 2. The molecule has 1 aliphatic rings. The third-order valence-electron chi connectivity index (χ3n) is 4.19. The van der Waals surface area contributed by atoms with Crippen LogP contribution in [0.25, 0.3) is 0 Å². The monoisotopic (exact) mass is 356 g/mol. The highest BCUT2D eigenvalue weighted by Crippen LogP contribution is 2.34. The van der Waals surface area contributed by atoms with Crippen LogP contribution < -0.4 is 9.47 Å². The molecule has 2 aromatic rings. The number of rotatable bonds is 6. The highest BCUT2D eigenvalue weighted by Gasteiger charge is 2.44. The van der Waals surface area contributed by atoms with Gasteiger partial charge in [-0.05, 0) is 12.1 Å². The van der Waals surface area contributed by atoms with Crippen LogP contribution >= 0.6 is 0 Å². The van der Waals surface area contributed by atoms with Gasteiger partial charge in [-0.1, -0.05) is 36.4 Å². The molecule has 3 rings (SSSR count). The topological polar surface area (TPSA) is 71.1 Å². The van der Waals surface area contributed by atoms with Crippen molar-refractivity contribution in [2.24, 2.45) is 0 Å². The van der Waals surface area contributed by atoms with Crippen LogP contribution in [0, 0.1) is 0 Å². The van der Waals surface area contributed by atoms with E-state index in [1.54, 1.807) is 26.4 Å². The van der Waals surface area contributed by atoms with Crippen LogP contribution in [0.15, 0.2) is 48.5 Å². The Hall–Kier alpha value is -3.02. The minimum Gasteiger partial charge on any atom is -0.496 e. The Kier molecular flexibility index (Phi) is 5.11. The van der Waals surface area contributed by atoms with E-state index < -0.39 is 17.7 Å². The molecule has 2 aromatic carbocycles. The number of hydrogen-bond acceptors (Lipinski definition) is 6. The summed E-state index contributed by atoms with van der Waals surface area (Å²) in [6.45, 7) is 0. The van der Waals surface area contributed by atoms with Gasteiger partial charge < -0.3 is 18.9 Å². The van der Waals surface area contributed by atoms with Crippen LogP contribution in [0.3, 0.4) is 0 Å². The first-order chi connectivity index (χ1) is 12.5. The van der Waals surface area contributed by atoms with E-state index in [-0.39, 0.29) is 19.3 Å². The summed E-state index contributed by atoms with van der Waals surface area (Å²) in [6, 6.07) is 14.7. The van der Waals surface area contributed by atoms with Crippen LogP contribution in [0.2, 0.25) is 0 Å². The standard InChI is InChI=1S/C20H20O6/c1-23-16-9-5-3-7-14(16)12-20(25-18(21)11-19(22)26-20)13-15-8-4-6-10-17(15)24-2/h3-10H,11-13H2,1-2H3. The van der Waals surface area contributed by atoms with Crippen molar-refractivity contribution >= 4 is 11.9 Å². The maximum absolute atomic E-state index is 12.0. The Morgan fingerprint density at radius 1 is 0.808 bits per heavy atom. The summed E-state index contributed by atoms with van der Waals surface area (Å²) in [6.07, 6.45) is -0.0430. The van der Waals surface area contributed by atoms with Gasteiger partial charge >= 0.3 is 11.9 Å². The van der Waals surface area contributed by atoms with Crippen LogP contribution in [-0.4, -0.2) is 31.9 Å². The van der Waals surface area contributed by atoms with Gasteiger partial charge in [0.05, 0.1) is 27.1 Å². The van der Waals surface area contributed by atoms with E-state index >= 15 is 0 Å². The molecule has 1 saturated heterocycles. The summed E-state index contributed by atoms with van der Waals surface area (Å²) in [4.78, 5) is 24.0. The Morgan fingerprint density at radius 2 is 1.23 bits per heavy atom. The zero-order chi connectivity index (χ0) is 18.6. The van der Waals surface area contributed by atoms with Crippen LogP contribution in [0.4, 0.5) is 0 Å². The van der Waals surface area contributed by atoms with Crippen molar-refractivity contribution in [1.82, 2.24) is 0 Å². The van der Waals surface area contributed by atoms with Gasteiger partial charge in [-0.15, -0.1) is 0 Å². The maximum Gasteiger partial charge on any atom is 0.320 e. The third-order valence-corrected chi connectivity index (χ3v) is 4.19. The third kappa shape index (κ3) is 3.79. The Balaban J connectivity index is 1.99. The molecule has 0 radical (unpaired) electrons. The quantitative estimate of drug-likeness (QED) is 0.585. The lowest BCUT2D eigenvalue weighted by atomic mass is 9.95. The summed E-state index contributed by atoms with van der Waals surface area (Å²) in [5.41, 5.74) is 1.54. The smallest absolute Gasteiger partial charge is 0.320 e. The molecule has 1 fully saturated rings. The number of hydrogen-bond donors (Lipinski definition) is 0. The SMILES string of the molecule is COc1ccccc1CC1(Cc2ccccc2OC)OC(=O)CC(=O)O1. The fourth-order valence-electron chi connectivity index (χ4n) is 3.11. The molecule has 0 amide bonds. The van der Waals surface area contributed by atoms with E-state index in [4.69, 9.17) is 18.9 Å². The molecule has 6 heteroatoms. The molecule has 0 aromatic heterocycles. The molecule has 0 unspecified atom stereocenters. The Labute approximate surface area is 151 Å². The Bertz CT molecular complexity index is 746. The second kappa shape index (κ2) is 7.47. The molecule has 1 aliphatic heterocycles. The molecule has 6 nitrogen and oxygen atoms in total. The van der Waals surface area contributed by atoms with Crippen molar-refractivity contribution in [2.45, 2.75) is 25.0 Å². The predicted octanol–water partition coefficient (Wildman–Crippen LogP) is 2.68. The van der Waals surface area contributed by atoms with Gasteiger partial charge in [0, 0.05) is 11.1 Å². The van der Waals surface area contributed by atoms with Gasteiger partial charge in [-0.25, -0.2) is 0 Å². The molecule has 0 aliphatic carbocycles. The molecule has 136 valence electrons. The second-order valence-electron chi connectivity index (χ2n) is 6.01. The van der Waals surface area contributed by atoms with E-state index in [2.05, 4.69) is 0 Å². The first-order valence-electron chi connectivity index (χ1n) is 8.23. The first kappa shape index (κ1) is 17.8. The summed E-state index contributed by atoms with van der Waals surface area (Å²) in [5, 5.41) is 0. The van der Waals surface area contributed by atoms with E-state index in [1.165, 1.54) is 0 Å². The summed E-state index contributed by atoms with van der Waals surface area (Å²) >= 11 is 0. The van der Waals surface area contributed by atoms with Crippen LogP contribution in [0.1, 0.15) is 17.5 Å². The van der Waals surface area contributed by atoms with Gasteiger partial charge in [0.1, 0.15) is 17.9 Å². The lowest BCUT2D eigenvalue weighted by Crippen LogP contribution is -2.48. The number of carbonyl (C=O) groups is 2. The lowest BCUT2D eigenvalue weighted by Gasteiger charge is -2.36. The molecular weight excluding hydrogens is 336 g/mol. The maximum atomic E-state index is 12.0. The second-order valence-corrected chi connectivity index (χ2v) is 6.01. The molecule has 0 N–H and O–H groups in total. The number of benzene rings is 2. The van der Waals surface area contributed by atoms with Crippen molar-refractivity contribution in [3.63, 3.8) is 0 Å². The van der Waals surface area contributed by atoms with Crippen molar-refractivity contribution in [3.8, 4) is 11.5 Å². The highest BCUT2D eigenvalue weighted by atomic mass is 16.7. The fourth-order valence-corrected chi connectivity index (χ4v) is 3.11. The summed E-state index contributed by atoms with van der Waals surface area (Å²) in [5.74, 6) is -1.40. The predicted molar refractivity (Wildman–Crippen MR) is 92.9 cm³/mol. The molecule has 0 spiro atoms. The fraction of sp³-hybridized carbons (Fsp3) is 0.300. The highest BCUT2D eigenvalue weighted by molar-refractivity contribution is 5.93. The average molecular weight is 356 g/mol. The number of carbonyl (C=O) groups excluding carboxylic acids is 2. The number of ether oxygens (including phenoxy) is 4. The van der Waals surface area contributed by atoms with Gasteiger partial charge in [0.2, 0.25) is 0 Å². The molecule has 1 heterocycles. The van der Waals surface area contributed by atoms with Gasteiger partial charge in [0.25, 0.3) is 5.79 Å². The largest absolute Gasteiger partial charge is 0.496 e. The first-order valence-corrected chi connectivity index (χ1v) is 8.23. The van der Waals surface area contributed by atoms with Gasteiger partial charge in [-0.2, -0.15) is 0 Å². The van der Waals surface area contributed by atoms with Crippen LogP contribution in [0.5, 0.6) is 11.5 Å². The number of para-hydroxylation sites is 2. The molecular formula is C20H20O6. The van der Waals surface area contributed by atoms with E-state index in [9.17, 15) is 9.59 Å². The zero-order valence-corrected chi connectivity index (χ0v) is 14.7. The Morgan fingerprint density at radius 3 is 1.65 bits per heavy atom. The van der Waals surface area contributed by atoms with Gasteiger partial charge in [-0.3, -0.25) is 9.59 Å². The van der Waals surface area contributed by atoms with E-state index in [0.717, 1.165) is 11.1 Å². The summed E-state index contributed by atoms with van der Waals surface area (Å²) < 4.78 is 21.9. The van der Waals surface area contributed by atoms with Crippen LogP contribution in [-0.2, 0) is 31.9 Å². The van der Waals surface area contributed by atoms with Gasteiger partial charge in [0.15, 0.2) is 0 Å². The molecule has 0 atom stereocenters. The normalized spacial score (nSPS) is 15.8. The minimum atomic E-state index is -1.45. The van der Waals surface area contributed by atoms with Crippen molar-refractivity contribution < 1.29 is 28.5 Å². The van der Waals surface area contributed by atoms with Crippen molar-refractivity contribution in [3.05, 3.63) is 59.7 Å². The molecule has 0 bridgehead atoms. The van der Waals surface area contributed by atoms with Crippen molar-refractivity contribution in [1.29, 1.82) is 0 Å². The average Bonchev–Trinajstić information content (AvgIpc) is 2.61. The zero-order valence-electron chi connectivity index (χ0n) is 14.7. The van der Waals surface area contributed by atoms with E-state index in [1.807, 2.05) is 36.4 Å². The number of methoxy groups -OCH3 is 2. The molecule has 26 heavy (non-hydrogen) atoms. The van der Waals surface area contributed by atoms with E-state index in [0.29, 0.717) is 11.5 Å². The minimum absolute atomic E-state index is 0.173. The molecule has 0 saturated carbocycles. The van der Waals surface area contributed by atoms with Crippen molar-refractivity contribution in [2.75, 3.05) is 14.2 Å². The number of cyclic esters (lactones) is 2. The summed E-state index contributed by atoms with van der Waals surface area (Å²) in [7, 11) is 3.12.